The number of fused-ring (bicyclic) bond motifs is 3. The average Bonchev–Trinajstić information content (AvgIpc) is 3.09. The zero-order valence-corrected chi connectivity index (χ0v) is 16.7. The van der Waals surface area contributed by atoms with Crippen molar-refractivity contribution in [3.05, 3.63) is 75.1 Å². The van der Waals surface area contributed by atoms with Crippen molar-refractivity contribution >= 4 is 44.1 Å². The molecule has 1 N–H and O–H groups in total. The lowest BCUT2D eigenvalue weighted by molar-refractivity contribution is 0.0529. The number of aromatic nitrogens is 1. The molecule has 0 unspecified atom stereocenters. The fraction of sp³-hybridized carbons (Fsp3) is 0.136. The summed E-state index contributed by atoms with van der Waals surface area (Å²) in [6.07, 6.45) is 0. The molecular weight excluding hydrogens is 409 g/mol. The number of esters is 1. The summed E-state index contributed by atoms with van der Waals surface area (Å²) in [5.41, 5.74) is 0.106. The van der Waals surface area contributed by atoms with E-state index in [2.05, 4.69) is 0 Å². The largest absolute Gasteiger partial charge is 0.505 e. The SMILES string of the molecule is CCOC(=O)c1sc2c(c1O)c(=O)n(CC(=O)c1ccccc1)c1ccc(F)cc21. The molecule has 6 nitrogen and oxygen atoms in total. The zero-order valence-electron chi connectivity index (χ0n) is 15.8. The van der Waals surface area contributed by atoms with Gasteiger partial charge < -0.3 is 9.84 Å². The Hall–Kier alpha value is -3.52. The first-order valence-electron chi connectivity index (χ1n) is 9.15. The fourth-order valence-electron chi connectivity index (χ4n) is 3.33. The second-order valence-corrected chi connectivity index (χ2v) is 7.57. The topological polar surface area (TPSA) is 85.6 Å². The van der Waals surface area contributed by atoms with Gasteiger partial charge in [0.15, 0.2) is 16.4 Å². The minimum atomic E-state index is -0.771. The predicted molar refractivity (Wildman–Crippen MR) is 112 cm³/mol. The van der Waals surface area contributed by atoms with E-state index in [-0.39, 0.29) is 33.9 Å². The van der Waals surface area contributed by atoms with Crippen LogP contribution >= 0.6 is 11.3 Å². The first kappa shape index (κ1) is 19.8. The van der Waals surface area contributed by atoms with Crippen LogP contribution in [0.2, 0.25) is 0 Å². The maximum Gasteiger partial charge on any atom is 0.352 e. The number of pyridine rings is 1. The van der Waals surface area contributed by atoms with Gasteiger partial charge in [-0.1, -0.05) is 30.3 Å². The first-order valence-corrected chi connectivity index (χ1v) is 9.97. The summed E-state index contributed by atoms with van der Waals surface area (Å²) in [6, 6.07) is 12.3. The highest BCUT2D eigenvalue weighted by Gasteiger charge is 2.25. The summed E-state index contributed by atoms with van der Waals surface area (Å²) in [6.45, 7) is 1.41. The number of ketones is 1. The monoisotopic (exact) mass is 425 g/mol. The van der Waals surface area contributed by atoms with Crippen molar-refractivity contribution < 1.29 is 23.8 Å². The van der Waals surface area contributed by atoms with Crippen molar-refractivity contribution in [2.24, 2.45) is 0 Å². The predicted octanol–water partition coefficient (Wildman–Crippen LogP) is 4.12. The average molecular weight is 425 g/mol. The molecule has 0 aliphatic heterocycles. The van der Waals surface area contributed by atoms with Gasteiger partial charge in [-0.05, 0) is 25.1 Å². The fourth-order valence-corrected chi connectivity index (χ4v) is 4.44. The van der Waals surface area contributed by atoms with Gasteiger partial charge in [-0.2, -0.15) is 0 Å². The second kappa shape index (κ2) is 7.72. The molecule has 0 saturated heterocycles. The number of aromatic hydroxyl groups is 1. The number of hydrogen-bond acceptors (Lipinski definition) is 6. The highest BCUT2D eigenvalue weighted by atomic mass is 32.1. The Morgan fingerprint density at radius 1 is 1.17 bits per heavy atom. The molecule has 2 aromatic heterocycles. The molecular formula is C22H16FNO5S. The summed E-state index contributed by atoms with van der Waals surface area (Å²) < 4.78 is 20.4. The Labute approximate surface area is 173 Å². The van der Waals surface area contributed by atoms with E-state index in [1.54, 1.807) is 37.3 Å². The molecule has 0 radical (unpaired) electrons. The minimum absolute atomic E-state index is 0.0949. The normalized spacial score (nSPS) is 11.1. The molecule has 30 heavy (non-hydrogen) atoms. The number of thiophene rings is 1. The standard InChI is InChI=1S/C22H16FNO5S/c1-2-29-22(28)20-18(26)17-19(30-20)14-10-13(23)8-9-15(14)24(21(17)27)11-16(25)12-6-4-3-5-7-12/h3-10,26H,2,11H2,1H3. The molecule has 8 heteroatoms. The molecule has 152 valence electrons. The summed E-state index contributed by atoms with van der Waals surface area (Å²) in [5, 5.41) is 10.8. The van der Waals surface area contributed by atoms with Gasteiger partial charge in [-0.15, -0.1) is 11.3 Å². The van der Waals surface area contributed by atoms with Gasteiger partial charge in [0.1, 0.15) is 11.2 Å². The van der Waals surface area contributed by atoms with Crippen LogP contribution in [0, 0.1) is 5.82 Å². The molecule has 0 spiro atoms. The van der Waals surface area contributed by atoms with Crippen molar-refractivity contribution in [1.82, 2.24) is 4.57 Å². The third kappa shape index (κ3) is 3.25. The summed E-state index contributed by atoms with van der Waals surface area (Å²) in [4.78, 5) is 38.0. The molecule has 4 rings (SSSR count). The Balaban J connectivity index is 1.99. The molecule has 2 aromatic carbocycles. The van der Waals surface area contributed by atoms with Gasteiger partial charge in [0, 0.05) is 10.9 Å². The summed E-state index contributed by atoms with van der Waals surface area (Å²) in [5.74, 6) is -2.16. The number of hydrogen-bond donors (Lipinski definition) is 1. The third-order valence-electron chi connectivity index (χ3n) is 4.69. The summed E-state index contributed by atoms with van der Waals surface area (Å²) >= 11 is 0.859. The Morgan fingerprint density at radius 2 is 1.90 bits per heavy atom. The van der Waals surface area contributed by atoms with Crippen LogP contribution in [0.25, 0.3) is 21.0 Å². The number of Topliss-reactive ketones (excluding diaryl/α,β-unsaturated/α-hetero) is 1. The number of ether oxygens (including phenoxy) is 1. The van der Waals surface area contributed by atoms with Crippen molar-refractivity contribution in [2.75, 3.05) is 6.61 Å². The van der Waals surface area contributed by atoms with Crippen LogP contribution in [0.15, 0.2) is 53.3 Å². The number of benzene rings is 2. The van der Waals surface area contributed by atoms with Gasteiger partial charge in [0.05, 0.1) is 23.4 Å². The van der Waals surface area contributed by atoms with Crippen molar-refractivity contribution in [3.8, 4) is 5.75 Å². The number of nitrogens with zero attached hydrogens (tertiary/aromatic N) is 1. The quantitative estimate of drug-likeness (QED) is 0.384. The molecule has 0 aliphatic carbocycles. The van der Waals surface area contributed by atoms with Crippen LogP contribution in [0.3, 0.4) is 0 Å². The smallest absolute Gasteiger partial charge is 0.352 e. The van der Waals surface area contributed by atoms with Crippen LogP contribution in [0.5, 0.6) is 5.75 Å². The van der Waals surface area contributed by atoms with Gasteiger partial charge in [0.2, 0.25) is 0 Å². The van der Waals surface area contributed by atoms with E-state index in [0.29, 0.717) is 16.5 Å². The molecule has 0 saturated carbocycles. The molecule has 0 bridgehead atoms. The Bertz CT molecular complexity index is 1360. The van der Waals surface area contributed by atoms with Gasteiger partial charge in [0.25, 0.3) is 5.56 Å². The lowest BCUT2D eigenvalue weighted by Gasteiger charge is -2.11. The van der Waals surface area contributed by atoms with Crippen LogP contribution in [0.1, 0.15) is 27.0 Å². The maximum absolute atomic E-state index is 14.0. The highest BCUT2D eigenvalue weighted by Crippen LogP contribution is 2.39. The lowest BCUT2D eigenvalue weighted by Crippen LogP contribution is -2.24. The van der Waals surface area contributed by atoms with E-state index in [4.69, 9.17) is 4.74 Å². The Kier molecular flexibility index (Phi) is 5.09. The molecule has 0 fully saturated rings. The molecule has 0 amide bonds. The molecule has 0 aliphatic rings. The molecule has 0 atom stereocenters. The van der Waals surface area contributed by atoms with Gasteiger partial charge in [-0.25, -0.2) is 9.18 Å². The van der Waals surface area contributed by atoms with Crippen molar-refractivity contribution in [1.29, 1.82) is 0 Å². The molecule has 2 heterocycles. The number of carbonyl (C=O) groups is 2. The Morgan fingerprint density at radius 3 is 2.60 bits per heavy atom. The van der Waals surface area contributed by atoms with E-state index >= 15 is 0 Å². The van der Waals surface area contributed by atoms with Crippen LogP contribution in [0.4, 0.5) is 4.39 Å². The van der Waals surface area contributed by atoms with Crippen molar-refractivity contribution in [3.63, 3.8) is 0 Å². The van der Waals surface area contributed by atoms with Crippen LogP contribution < -0.4 is 5.56 Å². The van der Waals surface area contributed by atoms with Crippen LogP contribution in [-0.2, 0) is 11.3 Å². The van der Waals surface area contributed by atoms with E-state index in [9.17, 15) is 23.9 Å². The first-order chi connectivity index (χ1) is 14.4. The third-order valence-corrected chi connectivity index (χ3v) is 5.89. The highest BCUT2D eigenvalue weighted by molar-refractivity contribution is 7.22. The zero-order chi connectivity index (χ0) is 21.4. The van der Waals surface area contributed by atoms with E-state index in [1.807, 2.05) is 0 Å². The lowest BCUT2D eigenvalue weighted by atomic mass is 10.1. The maximum atomic E-state index is 14.0. The molecule has 4 aromatic rings. The van der Waals surface area contributed by atoms with E-state index in [0.717, 1.165) is 11.3 Å². The summed E-state index contributed by atoms with van der Waals surface area (Å²) in [7, 11) is 0. The van der Waals surface area contributed by atoms with E-state index < -0.39 is 23.1 Å². The van der Waals surface area contributed by atoms with Crippen molar-refractivity contribution in [2.45, 2.75) is 13.5 Å². The van der Waals surface area contributed by atoms with Gasteiger partial charge >= 0.3 is 5.97 Å². The minimum Gasteiger partial charge on any atom is -0.505 e. The second-order valence-electron chi connectivity index (χ2n) is 6.55. The van der Waals surface area contributed by atoms with Gasteiger partial charge in [-0.3, -0.25) is 14.2 Å². The van der Waals surface area contributed by atoms with E-state index in [1.165, 1.54) is 22.8 Å². The number of carbonyl (C=O) groups excluding carboxylic acids is 2. The van der Waals surface area contributed by atoms with Crippen LogP contribution in [-0.4, -0.2) is 28.0 Å². The number of rotatable bonds is 5. The number of halogens is 1.